The van der Waals surface area contributed by atoms with Gasteiger partial charge in [-0.25, -0.2) is 13.1 Å². The molecule has 5 heteroatoms. The zero-order chi connectivity index (χ0) is 9.61. The van der Waals surface area contributed by atoms with Gasteiger partial charge >= 0.3 is 0 Å². The Morgan fingerprint density at radius 2 is 2.25 bits per heavy atom. The highest BCUT2D eigenvalue weighted by Crippen LogP contribution is 1.93. The van der Waals surface area contributed by atoms with E-state index in [4.69, 9.17) is 5.11 Å². The second-order valence-corrected chi connectivity index (χ2v) is 4.27. The Bertz CT molecular complexity index is 219. The lowest BCUT2D eigenvalue weighted by Gasteiger charge is -2.12. The van der Waals surface area contributed by atoms with E-state index in [9.17, 15) is 8.42 Å². The predicted molar refractivity (Wildman–Crippen MR) is 48.3 cm³/mol. The smallest absolute Gasteiger partial charge is 0.215 e. The molecule has 0 fully saturated rings. The fraction of sp³-hybridized carbons (Fsp3) is 0.714. The first kappa shape index (κ1) is 11.6. The maximum atomic E-state index is 11.1. The van der Waals surface area contributed by atoms with Crippen molar-refractivity contribution in [2.45, 2.75) is 19.4 Å². The third kappa shape index (κ3) is 4.48. The lowest BCUT2D eigenvalue weighted by molar-refractivity contribution is 0.254. The number of aliphatic hydroxyl groups is 1. The molecule has 0 saturated heterocycles. The number of sulfonamides is 1. The third-order valence-electron chi connectivity index (χ3n) is 1.40. The summed E-state index contributed by atoms with van der Waals surface area (Å²) in [6.45, 7) is 4.95. The van der Waals surface area contributed by atoms with Crippen molar-refractivity contribution in [1.29, 1.82) is 0 Å². The van der Waals surface area contributed by atoms with Crippen LogP contribution in [-0.4, -0.2) is 31.9 Å². The molecule has 0 heterocycles. The SMILES string of the molecule is C=CCS(=O)(=O)N[C@H](CC)CO. The molecule has 0 unspecified atom stereocenters. The molecule has 4 nitrogen and oxygen atoms in total. The van der Waals surface area contributed by atoms with Crippen molar-refractivity contribution in [2.24, 2.45) is 0 Å². The maximum absolute atomic E-state index is 11.1. The van der Waals surface area contributed by atoms with Crippen LogP contribution >= 0.6 is 0 Å². The van der Waals surface area contributed by atoms with Gasteiger partial charge in [0.1, 0.15) is 0 Å². The van der Waals surface area contributed by atoms with Gasteiger partial charge in [-0.15, -0.1) is 6.58 Å². The molecule has 0 saturated carbocycles. The molecule has 0 spiro atoms. The van der Waals surface area contributed by atoms with Gasteiger partial charge in [-0.3, -0.25) is 0 Å². The monoisotopic (exact) mass is 193 g/mol. The van der Waals surface area contributed by atoms with Gasteiger partial charge in [0.2, 0.25) is 10.0 Å². The number of nitrogens with one attached hydrogen (secondary N) is 1. The van der Waals surface area contributed by atoms with E-state index >= 15 is 0 Å². The standard InChI is InChI=1S/C7H15NO3S/c1-3-5-12(10,11)8-7(4-2)6-9/h3,7-9H,1,4-6H2,2H3/t7-/m1/s1. The molecule has 0 aromatic rings. The molecule has 0 amide bonds. The highest BCUT2D eigenvalue weighted by molar-refractivity contribution is 7.89. The van der Waals surface area contributed by atoms with Crippen LogP contribution in [0.4, 0.5) is 0 Å². The summed E-state index contributed by atoms with van der Waals surface area (Å²) in [4.78, 5) is 0. The predicted octanol–water partition coefficient (Wildman–Crippen LogP) is -0.137. The van der Waals surface area contributed by atoms with Gasteiger partial charge in [0, 0.05) is 6.04 Å². The first-order valence-corrected chi connectivity index (χ1v) is 5.42. The highest BCUT2D eigenvalue weighted by atomic mass is 32.2. The van der Waals surface area contributed by atoms with Crippen molar-refractivity contribution in [3.05, 3.63) is 12.7 Å². The van der Waals surface area contributed by atoms with Crippen LogP contribution < -0.4 is 4.72 Å². The average Bonchev–Trinajstić information content (AvgIpc) is 2.00. The summed E-state index contributed by atoms with van der Waals surface area (Å²) in [6, 6.07) is -0.380. The highest BCUT2D eigenvalue weighted by Gasteiger charge is 2.13. The van der Waals surface area contributed by atoms with Gasteiger partial charge in [-0.05, 0) is 6.42 Å². The Labute approximate surface area is 73.3 Å². The van der Waals surface area contributed by atoms with Crippen LogP contribution in [0.1, 0.15) is 13.3 Å². The van der Waals surface area contributed by atoms with Crippen LogP contribution in [0, 0.1) is 0 Å². The van der Waals surface area contributed by atoms with Crippen molar-refractivity contribution in [3.8, 4) is 0 Å². The Morgan fingerprint density at radius 3 is 2.58 bits per heavy atom. The number of aliphatic hydroxyl groups excluding tert-OH is 1. The number of rotatable bonds is 6. The molecule has 1 atom stereocenters. The van der Waals surface area contributed by atoms with Crippen molar-refractivity contribution >= 4 is 10.0 Å². The summed E-state index contributed by atoms with van der Waals surface area (Å²) in [5.74, 6) is -0.108. The van der Waals surface area contributed by atoms with E-state index < -0.39 is 10.0 Å². The van der Waals surface area contributed by atoms with Gasteiger partial charge in [-0.2, -0.15) is 0 Å². The molecule has 0 aliphatic heterocycles. The summed E-state index contributed by atoms with van der Waals surface area (Å²) >= 11 is 0. The van der Waals surface area contributed by atoms with Crippen molar-refractivity contribution < 1.29 is 13.5 Å². The van der Waals surface area contributed by atoms with E-state index in [-0.39, 0.29) is 18.4 Å². The van der Waals surface area contributed by atoms with Crippen molar-refractivity contribution in [1.82, 2.24) is 4.72 Å². The summed E-state index contributed by atoms with van der Waals surface area (Å²) in [7, 11) is -3.28. The second kappa shape index (κ2) is 5.29. The van der Waals surface area contributed by atoms with Gasteiger partial charge in [0.25, 0.3) is 0 Å². The van der Waals surface area contributed by atoms with Gasteiger partial charge < -0.3 is 5.11 Å². The molecule has 0 aromatic heterocycles. The molecule has 0 aliphatic carbocycles. The normalized spacial score (nSPS) is 14.2. The minimum atomic E-state index is -3.28. The van der Waals surface area contributed by atoms with Crippen molar-refractivity contribution in [3.63, 3.8) is 0 Å². The minimum absolute atomic E-state index is 0.108. The molecule has 72 valence electrons. The van der Waals surface area contributed by atoms with Gasteiger partial charge in [0.05, 0.1) is 12.4 Å². The molecule has 0 aromatic carbocycles. The van der Waals surface area contributed by atoms with Crippen LogP contribution in [0.25, 0.3) is 0 Å². The minimum Gasteiger partial charge on any atom is -0.395 e. The van der Waals surface area contributed by atoms with Crippen LogP contribution in [0.15, 0.2) is 12.7 Å². The van der Waals surface area contributed by atoms with Crippen molar-refractivity contribution in [2.75, 3.05) is 12.4 Å². The second-order valence-electron chi connectivity index (χ2n) is 2.48. The Kier molecular flexibility index (Phi) is 5.12. The summed E-state index contributed by atoms with van der Waals surface area (Å²) in [5.41, 5.74) is 0. The topological polar surface area (TPSA) is 66.4 Å². The van der Waals surface area contributed by atoms with E-state index in [2.05, 4.69) is 11.3 Å². The van der Waals surface area contributed by atoms with E-state index in [0.717, 1.165) is 0 Å². The summed E-state index contributed by atoms with van der Waals surface area (Å²) in [5, 5.41) is 8.70. The molecule has 0 aliphatic rings. The Morgan fingerprint density at radius 1 is 1.67 bits per heavy atom. The van der Waals surface area contributed by atoms with Crippen LogP contribution in [0.2, 0.25) is 0 Å². The van der Waals surface area contributed by atoms with Gasteiger partial charge in [-0.1, -0.05) is 13.0 Å². The lowest BCUT2D eigenvalue weighted by Crippen LogP contribution is -2.37. The van der Waals surface area contributed by atoms with Crippen LogP contribution in [-0.2, 0) is 10.0 Å². The molecular weight excluding hydrogens is 178 g/mol. The Balaban J connectivity index is 4.12. The van der Waals surface area contributed by atoms with Crippen LogP contribution in [0.5, 0.6) is 0 Å². The zero-order valence-corrected chi connectivity index (χ0v) is 7.97. The number of hydrogen-bond donors (Lipinski definition) is 2. The van der Waals surface area contributed by atoms with Gasteiger partial charge in [0.15, 0.2) is 0 Å². The molecule has 0 radical (unpaired) electrons. The van der Waals surface area contributed by atoms with E-state index in [1.165, 1.54) is 6.08 Å². The quantitative estimate of drug-likeness (QED) is 0.577. The molecule has 0 bridgehead atoms. The zero-order valence-electron chi connectivity index (χ0n) is 7.16. The summed E-state index contributed by atoms with van der Waals surface area (Å²) in [6.07, 6.45) is 1.89. The summed E-state index contributed by atoms with van der Waals surface area (Å²) < 4.78 is 24.5. The average molecular weight is 193 g/mol. The molecule has 12 heavy (non-hydrogen) atoms. The van der Waals surface area contributed by atoms with E-state index in [1.807, 2.05) is 0 Å². The third-order valence-corrected chi connectivity index (χ3v) is 2.76. The fourth-order valence-electron chi connectivity index (χ4n) is 0.707. The lowest BCUT2D eigenvalue weighted by atomic mass is 10.3. The Hall–Kier alpha value is -0.390. The maximum Gasteiger partial charge on any atom is 0.215 e. The van der Waals surface area contributed by atoms with E-state index in [1.54, 1.807) is 6.92 Å². The first-order chi connectivity index (χ1) is 5.55. The molecule has 2 N–H and O–H groups in total. The first-order valence-electron chi connectivity index (χ1n) is 3.77. The fourth-order valence-corrected chi connectivity index (χ4v) is 1.86. The molecular formula is C7H15NO3S. The molecule has 0 rings (SSSR count). The number of hydrogen-bond acceptors (Lipinski definition) is 3. The van der Waals surface area contributed by atoms with E-state index in [0.29, 0.717) is 6.42 Å². The largest absolute Gasteiger partial charge is 0.395 e. The van der Waals surface area contributed by atoms with Crippen LogP contribution in [0.3, 0.4) is 0 Å².